The zero-order chi connectivity index (χ0) is 12.7. The lowest BCUT2D eigenvalue weighted by atomic mass is 10.3. The number of primary amides is 1. The first kappa shape index (κ1) is 13.2. The molecular weight excluding hydrogens is 222 g/mol. The zero-order valence-electron chi connectivity index (χ0n) is 9.72. The summed E-state index contributed by atoms with van der Waals surface area (Å²) in [5, 5.41) is 9.06. The SMILES string of the molecule is CC(NCCCn1cccn1)C(=O)NC(N)=O. The molecule has 0 spiro atoms. The van der Waals surface area contributed by atoms with Crippen molar-refractivity contribution in [2.24, 2.45) is 5.73 Å². The first-order valence-corrected chi connectivity index (χ1v) is 5.40. The molecule has 3 amide bonds. The van der Waals surface area contributed by atoms with Crippen LogP contribution in [-0.2, 0) is 11.3 Å². The normalized spacial score (nSPS) is 12.1. The maximum Gasteiger partial charge on any atom is 0.318 e. The fourth-order valence-electron chi connectivity index (χ4n) is 1.31. The van der Waals surface area contributed by atoms with Crippen LogP contribution >= 0.6 is 0 Å². The Morgan fingerprint density at radius 1 is 1.53 bits per heavy atom. The highest BCUT2D eigenvalue weighted by atomic mass is 16.2. The van der Waals surface area contributed by atoms with Crippen molar-refractivity contribution in [2.75, 3.05) is 6.54 Å². The maximum absolute atomic E-state index is 11.3. The van der Waals surface area contributed by atoms with Gasteiger partial charge in [0.15, 0.2) is 0 Å². The van der Waals surface area contributed by atoms with Crippen molar-refractivity contribution in [2.45, 2.75) is 25.9 Å². The van der Waals surface area contributed by atoms with Gasteiger partial charge in [-0.05, 0) is 26.0 Å². The molecule has 1 rings (SSSR count). The van der Waals surface area contributed by atoms with Gasteiger partial charge in [-0.15, -0.1) is 0 Å². The van der Waals surface area contributed by atoms with E-state index in [9.17, 15) is 9.59 Å². The van der Waals surface area contributed by atoms with Crippen molar-refractivity contribution < 1.29 is 9.59 Å². The Morgan fingerprint density at radius 2 is 2.29 bits per heavy atom. The van der Waals surface area contributed by atoms with Crippen molar-refractivity contribution in [3.8, 4) is 0 Å². The molecule has 1 aromatic rings. The summed E-state index contributed by atoms with van der Waals surface area (Å²) in [5.74, 6) is -0.420. The molecule has 7 nitrogen and oxygen atoms in total. The Hall–Kier alpha value is -1.89. The van der Waals surface area contributed by atoms with Crippen LogP contribution in [0.2, 0.25) is 0 Å². The minimum Gasteiger partial charge on any atom is -0.351 e. The molecular formula is C10H17N5O2. The molecule has 0 aromatic carbocycles. The van der Waals surface area contributed by atoms with Gasteiger partial charge in [0.1, 0.15) is 0 Å². The second-order valence-electron chi connectivity index (χ2n) is 3.65. The molecule has 0 fully saturated rings. The molecule has 0 aliphatic carbocycles. The highest BCUT2D eigenvalue weighted by Gasteiger charge is 2.12. The molecule has 4 N–H and O–H groups in total. The van der Waals surface area contributed by atoms with E-state index < -0.39 is 18.0 Å². The fourth-order valence-corrected chi connectivity index (χ4v) is 1.31. The molecule has 0 radical (unpaired) electrons. The van der Waals surface area contributed by atoms with Crippen molar-refractivity contribution in [3.05, 3.63) is 18.5 Å². The summed E-state index contributed by atoms with van der Waals surface area (Å²) in [4.78, 5) is 21.7. The zero-order valence-corrected chi connectivity index (χ0v) is 9.72. The molecule has 94 valence electrons. The van der Waals surface area contributed by atoms with Crippen LogP contribution in [0.15, 0.2) is 18.5 Å². The molecule has 1 heterocycles. The topological polar surface area (TPSA) is 102 Å². The van der Waals surface area contributed by atoms with E-state index in [0.29, 0.717) is 6.54 Å². The van der Waals surface area contributed by atoms with Crippen molar-refractivity contribution in [1.82, 2.24) is 20.4 Å². The predicted molar refractivity (Wildman–Crippen MR) is 62.0 cm³/mol. The van der Waals surface area contributed by atoms with Gasteiger partial charge in [0, 0.05) is 18.9 Å². The van der Waals surface area contributed by atoms with Gasteiger partial charge in [-0.2, -0.15) is 5.10 Å². The van der Waals surface area contributed by atoms with Crippen LogP contribution in [0.4, 0.5) is 4.79 Å². The third-order valence-electron chi connectivity index (χ3n) is 2.21. The van der Waals surface area contributed by atoms with E-state index in [0.717, 1.165) is 13.0 Å². The predicted octanol–water partition coefficient (Wildman–Crippen LogP) is -0.554. The average Bonchev–Trinajstić information content (AvgIpc) is 2.75. The van der Waals surface area contributed by atoms with E-state index in [1.807, 2.05) is 22.3 Å². The van der Waals surface area contributed by atoms with Crippen molar-refractivity contribution in [3.63, 3.8) is 0 Å². The lowest BCUT2D eigenvalue weighted by molar-refractivity contribution is -0.121. The largest absolute Gasteiger partial charge is 0.351 e. The van der Waals surface area contributed by atoms with Crippen LogP contribution < -0.4 is 16.4 Å². The summed E-state index contributed by atoms with van der Waals surface area (Å²) >= 11 is 0. The Kier molecular flexibility index (Phi) is 5.15. The van der Waals surface area contributed by atoms with Gasteiger partial charge in [-0.3, -0.25) is 14.8 Å². The molecule has 1 aromatic heterocycles. The molecule has 0 saturated heterocycles. The molecule has 1 atom stereocenters. The maximum atomic E-state index is 11.3. The summed E-state index contributed by atoms with van der Waals surface area (Å²) < 4.78 is 1.82. The van der Waals surface area contributed by atoms with Crippen molar-refractivity contribution in [1.29, 1.82) is 0 Å². The van der Waals surface area contributed by atoms with E-state index in [4.69, 9.17) is 5.73 Å². The number of amides is 3. The monoisotopic (exact) mass is 239 g/mol. The summed E-state index contributed by atoms with van der Waals surface area (Å²) in [7, 11) is 0. The fraction of sp³-hybridized carbons (Fsp3) is 0.500. The third-order valence-corrected chi connectivity index (χ3v) is 2.21. The summed E-state index contributed by atoms with van der Waals surface area (Å²) in [6, 6.07) is 0.580. The van der Waals surface area contributed by atoms with Crippen LogP contribution in [0.5, 0.6) is 0 Å². The number of urea groups is 1. The second-order valence-corrected chi connectivity index (χ2v) is 3.65. The highest BCUT2D eigenvalue weighted by molar-refractivity contribution is 5.96. The minimum absolute atomic E-state index is 0.420. The van der Waals surface area contributed by atoms with Crippen LogP contribution in [-0.4, -0.2) is 34.3 Å². The number of hydrogen-bond acceptors (Lipinski definition) is 4. The van der Waals surface area contributed by atoms with Crippen LogP contribution in [0.1, 0.15) is 13.3 Å². The van der Waals surface area contributed by atoms with Gasteiger partial charge >= 0.3 is 6.03 Å². The lowest BCUT2D eigenvalue weighted by Crippen LogP contribution is -2.46. The van der Waals surface area contributed by atoms with Gasteiger partial charge < -0.3 is 11.1 Å². The molecule has 0 aliphatic rings. The second kappa shape index (κ2) is 6.64. The van der Waals surface area contributed by atoms with E-state index >= 15 is 0 Å². The summed E-state index contributed by atoms with van der Waals surface area (Å²) in [6.45, 7) is 3.11. The number of rotatable bonds is 6. The van der Waals surface area contributed by atoms with Gasteiger partial charge in [-0.25, -0.2) is 4.79 Å². The Morgan fingerprint density at radius 3 is 2.88 bits per heavy atom. The number of nitrogens with one attached hydrogen (secondary N) is 2. The first-order chi connectivity index (χ1) is 8.09. The average molecular weight is 239 g/mol. The Labute approximate surface area is 99.4 Å². The smallest absolute Gasteiger partial charge is 0.318 e. The number of aryl methyl sites for hydroxylation is 1. The van der Waals surface area contributed by atoms with E-state index in [1.165, 1.54) is 0 Å². The first-order valence-electron chi connectivity index (χ1n) is 5.40. The van der Waals surface area contributed by atoms with E-state index in [1.54, 1.807) is 13.1 Å². The quantitative estimate of drug-likeness (QED) is 0.579. The summed E-state index contributed by atoms with van der Waals surface area (Å²) in [5.41, 5.74) is 4.84. The molecule has 1 unspecified atom stereocenters. The number of carbonyl (C=O) groups excluding carboxylic acids is 2. The molecule has 0 bridgehead atoms. The standard InChI is InChI=1S/C10H17N5O2/c1-8(9(16)14-10(11)17)12-4-2-6-15-7-3-5-13-15/h3,5,7-8,12H,2,4,6H2,1H3,(H3,11,14,16,17). The van der Waals surface area contributed by atoms with Crippen LogP contribution in [0, 0.1) is 0 Å². The van der Waals surface area contributed by atoms with Gasteiger partial charge in [0.25, 0.3) is 0 Å². The number of aromatic nitrogens is 2. The Bertz CT molecular complexity index is 363. The molecule has 17 heavy (non-hydrogen) atoms. The van der Waals surface area contributed by atoms with Gasteiger partial charge in [0.2, 0.25) is 5.91 Å². The highest BCUT2D eigenvalue weighted by Crippen LogP contribution is 1.89. The molecule has 0 saturated carbocycles. The van der Waals surface area contributed by atoms with E-state index in [-0.39, 0.29) is 0 Å². The lowest BCUT2D eigenvalue weighted by Gasteiger charge is -2.12. The van der Waals surface area contributed by atoms with Crippen LogP contribution in [0.25, 0.3) is 0 Å². The number of nitrogens with zero attached hydrogens (tertiary/aromatic N) is 2. The number of imide groups is 1. The number of nitrogens with two attached hydrogens (primary N) is 1. The molecule has 0 aliphatic heterocycles. The van der Waals surface area contributed by atoms with Crippen molar-refractivity contribution >= 4 is 11.9 Å². The minimum atomic E-state index is -0.833. The van der Waals surface area contributed by atoms with Crippen LogP contribution in [0.3, 0.4) is 0 Å². The number of hydrogen-bond donors (Lipinski definition) is 3. The van der Waals surface area contributed by atoms with Gasteiger partial charge in [-0.1, -0.05) is 0 Å². The number of carbonyl (C=O) groups is 2. The molecule has 7 heteroatoms. The third kappa shape index (κ3) is 5.12. The Balaban J connectivity index is 2.13. The summed E-state index contributed by atoms with van der Waals surface area (Å²) in [6.07, 6.45) is 4.44. The van der Waals surface area contributed by atoms with E-state index in [2.05, 4.69) is 10.4 Å². The van der Waals surface area contributed by atoms with Gasteiger partial charge in [0.05, 0.1) is 6.04 Å².